The van der Waals surface area contributed by atoms with E-state index in [1.807, 2.05) is 24.3 Å². The number of anilines is 1. The molecule has 0 atom stereocenters. The Kier molecular flexibility index (Phi) is 4.43. The highest BCUT2D eigenvalue weighted by Crippen LogP contribution is 2.30. The monoisotopic (exact) mass is 385 g/mol. The Morgan fingerprint density at radius 1 is 1.04 bits per heavy atom. The van der Waals surface area contributed by atoms with Gasteiger partial charge in [0.05, 0.1) is 9.41 Å². The fourth-order valence-corrected chi connectivity index (χ4v) is 2.83. The molecule has 0 saturated heterocycles. The van der Waals surface area contributed by atoms with Gasteiger partial charge in [0.2, 0.25) is 0 Å². The standard InChI is InChI=1S/C17H12BrN3O3/c18-13(11-7-3-1-4-8-11)14-16(22)15(21(23)24)17(20-14)19-12-9-5-2-6-10-12/h1-10,19-20H/b14-13-. The Balaban J connectivity index is 1.99. The number of halogens is 1. The van der Waals surface area contributed by atoms with Crippen molar-refractivity contribution in [3.05, 3.63) is 93.6 Å². The van der Waals surface area contributed by atoms with Gasteiger partial charge in [0.25, 0.3) is 5.78 Å². The summed E-state index contributed by atoms with van der Waals surface area (Å²) in [6, 6.07) is 18.0. The minimum absolute atomic E-state index is 0.0547. The summed E-state index contributed by atoms with van der Waals surface area (Å²) in [4.78, 5) is 23.1. The molecule has 1 aliphatic rings. The molecule has 0 spiro atoms. The zero-order valence-electron chi connectivity index (χ0n) is 12.3. The van der Waals surface area contributed by atoms with Crippen LogP contribution in [0.15, 0.2) is 77.9 Å². The molecule has 24 heavy (non-hydrogen) atoms. The maximum Gasteiger partial charge on any atom is 0.358 e. The molecular weight excluding hydrogens is 374 g/mol. The second kappa shape index (κ2) is 6.67. The molecule has 0 aromatic heterocycles. The van der Waals surface area contributed by atoms with Crippen molar-refractivity contribution in [3.63, 3.8) is 0 Å². The first-order valence-corrected chi connectivity index (χ1v) is 7.85. The molecule has 6 nitrogen and oxygen atoms in total. The molecule has 2 aromatic carbocycles. The van der Waals surface area contributed by atoms with Crippen LogP contribution in [0.4, 0.5) is 5.69 Å². The topological polar surface area (TPSA) is 84.3 Å². The van der Waals surface area contributed by atoms with E-state index >= 15 is 0 Å². The van der Waals surface area contributed by atoms with Crippen molar-refractivity contribution < 1.29 is 9.72 Å². The average molecular weight is 386 g/mol. The fourth-order valence-electron chi connectivity index (χ4n) is 2.29. The SMILES string of the molecule is O=C1C([N+](=O)[O-])=C(Nc2ccccc2)N/C1=C(\Br)c1ccccc1. The molecule has 0 aliphatic carbocycles. The predicted octanol–water partition coefficient (Wildman–Crippen LogP) is 3.48. The summed E-state index contributed by atoms with van der Waals surface area (Å²) >= 11 is 3.36. The van der Waals surface area contributed by atoms with Crippen molar-refractivity contribution >= 4 is 31.9 Å². The molecule has 0 saturated carbocycles. The number of para-hydroxylation sites is 1. The van der Waals surface area contributed by atoms with Crippen molar-refractivity contribution in [2.24, 2.45) is 0 Å². The number of benzene rings is 2. The zero-order chi connectivity index (χ0) is 17.1. The summed E-state index contributed by atoms with van der Waals surface area (Å²) in [5.41, 5.74) is 1.01. The van der Waals surface area contributed by atoms with Crippen molar-refractivity contribution in [1.29, 1.82) is 0 Å². The largest absolute Gasteiger partial charge is 0.358 e. The third-order valence-electron chi connectivity index (χ3n) is 3.40. The maximum absolute atomic E-state index is 12.5. The third kappa shape index (κ3) is 3.07. The number of carbonyl (C=O) groups excluding carboxylic acids is 1. The van der Waals surface area contributed by atoms with Crippen LogP contribution in [0.5, 0.6) is 0 Å². The number of carbonyl (C=O) groups is 1. The number of nitrogens with zero attached hydrogens (tertiary/aromatic N) is 1. The van der Waals surface area contributed by atoms with Gasteiger partial charge in [0.1, 0.15) is 5.70 Å². The lowest BCUT2D eigenvalue weighted by Gasteiger charge is -2.08. The highest BCUT2D eigenvalue weighted by atomic mass is 79.9. The van der Waals surface area contributed by atoms with E-state index in [0.29, 0.717) is 10.2 Å². The second-order valence-electron chi connectivity index (χ2n) is 4.98. The maximum atomic E-state index is 12.5. The second-order valence-corrected chi connectivity index (χ2v) is 5.77. The van der Waals surface area contributed by atoms with Crippen LogP contribution < -0.4 is 10.6 Å². The first-order valence-electron chi connectivity index (χ1n) is 7.05. The highest BCUT2D eigenvalue weighted by Gasteiger charge is 2.39. The smallest absolute Gasteiger partial charge is 0.336 e. The van der Waals surface area contributed by atoms with Crippen LogP contribution in [0, 0.1) is 10.1 Å². The summed E-state index contributed by atoms with van der Waals surface area (Å²) in [5, 5.41) is 17.0. The van der Waals surface area contributed by atoms with Crippen molar-refractivity contribution in [3.8, 4) is 0 Å². The number of hydrogen-bond donors (Lipinski definition) is 2. The Hall–Kier alpha value is -2.93. The van der Waals surface area contributed by atoms with Gasteiger partial charge >= 0.3 is 5.70 Å². The van der Waals surface area contributed by atoms with E-state index in [-0.39, 0.29) is 11.5 Å². The molecule has 0 amide bonds. The summed E-state index contributed by atoms with van der Waals surface area (Å²) in [6.07, 6.45) is 0. The quantitative estimate of drug-likeness (QED) is 0.478. The molecule has 0 fully saturated rings. The van der Waals surface area contributed by atoms with Gasteiger partial charge in [0, 0.05) is 5.69 Å². The molecule has 7 heteroatoms. The lowest BCUT2D eigenvalue weighted by molar-refractivity contribution is -0.418. The van der Waals surface area contributed by atoms with Crippen molar-refractivity contribution in [1.82, 2.24) is 5.32 Å². The zero-order valence-corrected chi connectivity index (χ0v) is 13.9. The summed E-state index contributed by atoms with van der Waals surface area (Å²) in [7, 11) is 0. The van der Waals surface area contributed by atoms with Gasteiger partial charge in [-0.2, -0.15) is 0 Å². The molecule has 2 N–H and O–H groups in total. The molecule has 2 aromatic rings. The van der Waals surface area contributed by atoms with E-state index in [9.17, 15) is 14.9 Å². The van der Waals surface area contributed by atoms with Gasteiger partial charge in [-0.3, -0.25) is 14.9 Å². The van der Waals surface area contributed by atoms with Crippen molar-refractivity contribution in [2.75, 3.05) is 5.32 Å². The fraction of sp³-hybridized carbons (Fsp3) is 0. The average Bonchev–Trinajstić information content (AvgIpc) is 2.92. The third-order valence-corrected chi connectivity index (χ3v) is 4.26. The first kappa shape index (κ1) is 15.9. The Morgan fingerprint density at radius 2 is 1.62 bits per heavy atom. The molecule has 120 valence electrons. The number of rotatable bonds is 4. The Labute approximate surface area is 146 Å². The van der Waals surface area contributed by atoms with Gasteiger partial charge in [-0.1, -0.05) is 48.5 Å². The lowest BCUT2D eigenvalue weighted by Crippen LogP contribution is -2.16. The molecular formula is C17H12BrN3O3. The van der Waals surface area contributed by atoms with Crippen LogP contribution in [0.3, 0.4) is 0 Å². The molecule has 1 aliphatic heterocycles. The van der Waals surface area contributed by atoms with Crippen LogP contribution >= 0.6 is 15.9 Å². The van der Waals surface area contributed by atoms with E-state index < -0.39 is 16.4 Å². The van der Waals surface area contributed by atoms with E-state index in [1.165, 1.54) is 0 Å². The van der Waals surface area contributed by atoms with Gasteiger partial charge in [-0.05, 0) is 33.6 Å². The molecule has 0 bridgehead atoms. The van der Waals surface area contributed by atoms with Crippen LogP contribution in [-0.2, 0) is 4.79 Å². The number of nitrogens with one attached hydrogen (secondary N) is 2. The minimum atomic E-state index is -0.682. The number of Topliss-reactive ketones (excluding diaryl/α,β-unsaturated/α-hetero) is 1. The summed E-state index contributed by atoms with van der Waals surface area (Å²) < 4.78 is 0.470. The van der Waals surface area contributed by atoms with Crippen LogP contribution in [0.25, 0.3) is 4.48 Å². The number of ketones is 1. The molecule has 0 radical (unpaired) electrons. The van der Waals surface area contributed by atoms with Gasteiger partial charge in [0.15, 0.2) is 5.82 Å². The Bertz CT molecular complexity index is 861. The summed E-state index contributed by atoms with van der Waals surface area (Å²) in [6.45, 7) is 0. The van der Waals surface area contributed by atoms with Gasteiger partial charge in [-0.25, -0.2) is 0 Å². The van der Waals surface area contributed by atoms with E-state index in [2.05, 4.69) is 26.6 Å². The highest BCUT2D eigenvalue weighted by molar-refractivity contribution is 9.15. The number of nitro groups is 1. The normalized spacial score (nSPS) is 16.0. The summed E-state index contributed by atoms with van der Waals surface area (Å²) in [5.74, 6) is -0.617. The van der Waals surface area contributed by atoms with E-state index in [0.717, 1.165) is 5.56 Å². The molecule has 0 unspecified atom stereocenters. The van der Waals surface area contributed by atoms with Gasteiger partial charge < -0.3 is 10.6 Å². The molecule has 1 heterocycles. The van der Waals surface area contributed by atoms with Crippen LogP contribution in [-0.4, -0.2) is 10.7 Å². The van der Waals surface area contributed by atoms with Gasteiger partial charge in [-0.15, -0.1) is 0 Å². The van der Waals surface area contributed by atoms with Crippen LogP contribution in [0.2, 0.25) is 0 Å². The molecule has 3 rings (SSSR count). The first-order chi connectivity index (χ1) is 11.6. The predicted molar refractivity (Wildman–Crippen MR) is 94.5 cm³/mol. The van der Waals surface area contributed by atoms with Crippen molar-refractivity contribution in [2.45, 2.75) is 0 Å². The van der Waals surface area contributed by atoms with Crippen LogP contribution in [0.1, 0.15) is 5.56 Å². The van der Waals surface area contributed by atoms with E-state index in [4.69, 9.17) is 0 Å². The van der Waals surface area contributed by atoms with E-state index in [1.54, 1.807) is 36.4 Å². The Morgan fingerprint density at radius 3 is 2.21 bits per heavy atom. The minimum Gasteiger partial charge on any atom is -0.336 e. The number of hydrogen-bond acceptors (Lipinski definition) is 5. The lowest BCUT2D eigenvalue weighted by atomic mass is 10.1.